The van der Waals surface area contributed by atoms with Gasteiger partial charge in [-0.3, -0.25) is 0 Å². The van der Waals surface area contributed by atoms with Crippen LogP contribution in [-0.2, 0) is 35.0 Å². The minimum Gasteiger partial charge on any atom is -0.380 e. The van der Waals surface area contributed by atoms with Crippen molar-refractivity contribution in [2.45, 2.75) is 25.5 Å². The zero-order valence-corrected chi connectivity index (χ0v) is 15.9. The number of hydrogen-bond acceptors (Lipinski definition) is 2. The average Bonchev–Trinajstić information content (AvgIpc) is 2.55. The van der Waals surface area contributed by atoms with E-state index in [4.69, 9.17) is 9.47 Å². The lowest BCUT2D eigenvalue weighted by Crippen LogP contribution is -2.02. The molecule has 0 saturated heterocycles. The molecule has 2 rings (SSSR count). The van der Waals surface area contributed by atoms with Gasteiger partial charge in [0.2, 0.25) is 0 Å². The van der Waals surface area contributed by atoms with Crippen LogP contribution < -0.4 is 0 Å². The van der Waals surface area contributed by atoms with Gasteiger partial charge in [-0.15, -0.1) is 18.5 Å². The highest BCUT2D eigenvalue weighted by atomic mass is 31.0. The van der Waals surface area contributed by atoms with Gasteiger partial charge >= 0.3 is 0 Å². The lowest BCUT2D eigenvalue weighted by atomic mass is 9.95. The Morgan fingerprint density at radius 1 is 0.826 bits per heavy atom. The molecule has 0 radical (unpaired) electrons. The monoisotopic (exact) mass is 352 g/mol. The zero-order chi connectivity index (χ0) is 16.8. The van der Waals surface area contributed by atoms with Gasteiger partial charge in [0.15, 0.2) is 0 Å². The van der Waals surface area contributed by atoms with E-state index >= 15 is 0 Å². The van der Waals surface area contributed by atoms with Crippen LogP contribution in [0, 0.1) is 5.82 Å². The molecule has 2 atom stereocenters. The molecule has 0 spiro atoms. The molecule has 0 saturated carbocycles. The van der Waals surface area contributed by atoms with Gasteiger partial charge in [0.1, 0.15) is 5.82 Å². The van der Waals surface area contributed by atoms with Gasteiger partial charge in [-0.25, -0.2) is 4.39 Å². The summed E-state index contributed by atoms with van der Waals surface area (Å²) in [6.07, 6.45) is 1.44. The van der Waals surface area contributed by atoms with Crippen LogP contribution in [0.5, 0.6) is 0 Å². The molecule has 2 aromatic carbocycles. The van der Waals surface area contributed by atoms with Gasteiger partial charge < -0.3 is 9.47 Å². The maximum absolute atomic E-state index is 14.1. The maximum Gasteiger partial charge on any atom is 0.127 e. The Labute approximate surface area is 142 Å². The fraction of sp³-hybridized carbons (Fsp3) is 0.333. The molecule has 0 heterocycles. The first-order chi connectivity index (χ1) is 11.1. The van der Waals surface area contributed by atoms with Crippen molar-refractivity contribution in [1.82, 2.24) is 0 Å². The number of benzene rings is 2. The summed E-state index contributed by atoms with van der Waals surface area (Å²) in [7, 11) is 8.67. The first kappa shape index (κ1) is 18.5. The van der Waals surface area contributed by atoms with Crippen LogP contribution in [0.4, 0.5) is 4.39 Å². The molecule has 0 aliphatic carbocycles. The SMILES string of the molecule is COCc1cc(-c2ccc(CP)c(F)c2)cc(COC)c1CP. The van der Waals surface area contributed by atoms with Crippen molar-refractivity contribution < 1.29 is 13.9 Å². The third-order valence-corrected chi connectivity index (χ3v) is 4.69. The van der Waals surface area contributed by atoms with E-state index in [0.717, 1.165) is 28.4 Å². The molecule has 0 aromatic heterocycles. The third-order valence-electron chi connectivity index (χ3n) is 3.84. The summed E-state index contributed by atoms with van der Waals surface area (Å²) in [6, 6.07) is 9.56. The van der Waals surface area contributed by atoms with Crippen LogP contribution in [0.3, 0.4) is 0 Å². The molecule has 0 aliphatic rings. The highest BCUT2D eigenvalue weighted by Crippen LogP contribution is 2.30. The van der Waals surface area contributed by atoms with E-state index in [1.54, 1.807) is 20.3 Å². The molecule has 5 heteroatoms. The molecule has 0 N–H and O–H groups in total. The van der Waals surface area contributed by atoms with Gasteiger partial charge in [-0.1, -0.05) is 12.1 Å². The Morgan fingerprint density at radius 3 is 1.87 bits per heavy atom. The van der Waals surface area contributed by atoms with Gasteiger partial charge in [0, 0.05) is 14.2 Å². The summed E-state index contributed by atoms with van der Waals surface area (Å²) in [5.74, 6) is -0.172. The quantitative estimate of drug-likeness (QED) is 0.682. The van der Waals surface area contributed by atoms with Crippen molar-refractivity contribution in [1.29, 1.82) is 0 Å². The maximum atomic E-state index is 14.1. The van der Waals surface area contributed by atoms with E-state index in [-0.39, 0.29) is 5.82 Å². The van der Waals surface area contributed by atoms with Crippen LogP contribution >= 0.6 is 18.5 Å². The average molecular weight is 352 g/mol. The predicted molar refractivity (Wildman–Crippen MR) is 100 cm³/mol. The van der Waals surface area contributed by atoms with Gasteiger partial charge in [0.05, 0.1) is 13.2 Å². The smallest absolute Gasteiger partial charge is 0.127 e. The molecule has 0 aliphatic heterocycles. The van der Waals surface area contributed by atoms with E-state index in [2.05, 4.69) is 30.6 Å². The van der Waals surface area contributed by atoms with Crippen molar-refractivity contribution in [2.24, 2.45) is 0 Å². The topological polar surface area (TPSA) is 18.5 Å². The number of rotatable bonds is 7. The van der Waals surface area contributed by atoms with E-state index in [1.807, 2.05) is 12.1 Å². The van der Waals surface area contributed by atoms with E-state index in [1.165, 1.54) is 5.56 Å². The molecular formula is C18H23FO2P2. The second-order valence-corrected chi connectivity index (χ2v) is 6.17. The fourth-order valence-corrected chi connectivity index (χ4v) is 3.54. The van der Waals surface area contributed by atoms with E-state index in [9.17, 15) is 4.39 Å². The van der Waals surface area contributed by atoms with Gasteiger partial charge in [0.25, 0.3) is 0 Å². The first-order valence-corrected chi connectivity index (χ1v) is 9.09. The van der Waals surface area contributed by atoms with Crippen LogP contribution in [0.15, 0.2) is 30.3 Å². The highest BCUT2D eigenvalue weighted by molar-refractivity contribution is 7.15. The second kappa shape index (κ2) is 8.85. The molecule has 0 amide bonds. The number of halogens is 1. The molecule has 2 nitrogen and oxygen atoms in total. The minimum absolute atomic E-state index is 0.172. The summed E-state index contributed by atoms with van der Waals surface area (Å²) >= 11 is 0. The Morgan fingerprint density at radius 2 is 1.43 bits per heavy atom. The third kappa shape index (κ3) is 4.37. The van der Waals surface area contributed by atoms with Crippen molar-refractivity contribution >= 4 is 18.5 Å². The Hall–Kier alpha value is -0.850. The summed E-state index contributed by atoms with van der Waals surface area (Å²) in [5, 5.41) is 0. The first-order valence-electron chi connectivity index (χ1n) is 7.46. The van der Waals surface area contributed by atoms with Gasteiger partial charge in [-0.05, 0) is 63.9 Å². The van der Waals surface area contributed by atoms with Crippen molar-refractivity contribution in [3.63, 3.8) is 0 Å². The molecule has 0 fully saturated rings. The van der Waals surface area contributed by atoms with Crippen LogP contribution in [0.2, 0.25) is 0 Å². The van der Waals surface area contributed by atoms with Crippen molar-refractivity contribution in [3.8, 4) is 11.1 Å². The summed E-state index contributed by atoms with van der Waals surface area (Å²) < 4.78 is 24.8. The fourth-order valence-electron chi connectivity index (χ4n) is 2.69. The van der Waals surface area contributed by atoms with Crippen LogP contribution in [0.1, 0.15) is 22.3 Å². The Balaban J connectivity index is 2.55. The second-order valence-electron chi connectivity index (χ2n) is 5.35. The lowest BCUT2D eigenvalue weighted by molar-refractivity contribution is 0.179. The van der Waals surface area contributed by atoms with Crippen LogP contribution in [0.25, 0.3) is 11.1 Å². The summed E-state index contributed by atoms with van der Waals surface area (Å²) in [4.78, 5) is 0. The molecule has 2 unspecified atom stereocenters. The van der Waals surface area contributed by atoms with Crippen molar-refractivity contribution in [3.05, 3.63) is 58.4 Å². The van der Waals surface area contributed by atoms with Gasteiger partial charge in [-0.2, -0.15) is 0 Å². The Bertz CT molecular complexity index is 647. The summed E-state index contributed by atoms with van der Waals surface area (Å²) in [6.45, 7) is 1.06. The Kier molecular flexibility index (Phi) is 7.11. The number of ether oxygens (including phenoxy) is 2. The molecule has 2 aromatic rings. The largest absolute Gasteiger partial charge is 0.380 e. The zero-order valence-electron chi connectivity index (χ0n) is 13.6. The normalized spacial score (nSPS) is 11.0. The molecule has 0 bridgehead atoms. The minimum atomic E-state index is -0.172. The van der Waals surface area contributed by atoms with E-state index < -0.39 is 0 Å². The lowest BCUT2D eigenvalue weighted by Gasteiger charge is -2.16. The highest BCUT2D eigenvalue weighted by Gasteiger charge is 2.12. The van der Waals surface area contributed by atoms with E-state index in [0.29, 0.717) is 24.9 Å². The predicted octanol–water partition coefficient (Wildman–Crippen LogP) is 4.54. The molecule has 124 valence electrons. The van der Waals surface area contributed by atoms with Crippen molar-refractivity contribution in [2.75, 3.05) is 14.2 Å². The molecular weight excluding hydrogens is 329 g/mol. The standard InChI is InChI=1S/C18H23FO2P2/c1-20-8-15-5-14(6-16(9-21-2)17(15)11-23)12-3-4-13(10-22)18(19)7-12/h3-7H,8-11,22-23H2,1-2H3. The number of hydrogen-bond donors (Lipinski definition) is 0. The van der Waals surface area contributed by atoms with Crippen LogP contribution in [-0.4, -0.2) is 14.2 Å². The molecule has 23 heavy (non-hydrogen) atoms. The summed E-state index contributed by atoms with van der Waals surface area (Å²) in [5.41, 5.74) is 6.00. The number of methoxy groups -OCH3 is 2.